The van der Waals surface area contributed by atoms with Gasteiger partial charge in [0, 0.05) is 6.54 Å². The monoisotopic (exact) mass is 180 g/mol. The first kappa shape index (κ1) is 10.9. The summed E-state index contributed by atoms with van der Waals surface area (Å²) in [6, 6.07) is 0. The van der Waals surface area contributed by atoms with Crippen LogP contribution >= 0.6 is 0 Å². The minimum Gasteiger partial charge on any atom is -0.216 e. The molecular formula is C6H16N2O2S. The highest BCUT2D eigenvalue weighted by Gasteiger charge is 2.16. The van der Waals surface area contributed by atoms with Crippen molar-refractivity contribution in [2.45, 2.75) is 27.2 Å². The van der Waals surface area contributed by atoms with Gasteiger partial charge in [-0.1, -0.05) is 20.8 Å². The number of hydrogen-bond donors (Lipinski definition) is 2. The maximum atomic E-state index is 10.5. The molecule has 0 aromatic rings. The Bertz CT molecular complexity index is 209. The van der Waals surface area contributed by atoms with Crippen LogP contribution in [0.4, 0.5) is 0 Å². The normalized spacial score (nSPS) is 13.5. The minimum absolute atomic E-state index is 0.0214. The Morgan fingerprint density at radius 2 is 1.91 bits per heavy atom. The largest absolute Gasteiger partial charge is 0.274 e. The van der Waals surface area contributed by atoms with E-state index in [4.69, 9.17) is 5.14 Å². The van der Waals surface area contributed by atoms with Gasteiger partial charge in [0.2, 0.25) is 0 Å². The highest BCUT2D eigenvalue weighted by molar-refractivity contribution is 7.87. The lowest BCUT2D eigenvalue weighted by atomic mass is 9.91. The van der Waals surface area contributed by atoms with E-state index in [9.17, 15) is 8.42 Å². The maximum Gasteiger partial charge on any atom is 0.274 e. The first-order chi connectivity index (χ1) is 4.77. The Kier molecular flexibility index (Phi) is 3.47. The van der Waals surface area contributed by atoms with Crippen molar-refractivity contribution >= 4 is 10.2 Å². The minimum atomic E-state index is -3.52. The number of nitrogens with one attached hydrogen (secondary N) is 1. The van der Waals surface area contributed by atoms with E-state index < -0.39 is 10.2 Å². The zero-order chi connectivity index (χ0) is 9.12. The quantitative estimate of drug-likeness (QED) is 0.649. The Morgan fingerprint density at radius 3 is 2.18 bits per heavy atom. The zero-order valence-corrected chi connectivity index (χ0v) is 8.03. The molecule has 0 fully saturated rings. The molecule has 0 aliphatic carbocycles. The second kappa shape index (κ2) is 3.51. The van der Waals surface area contributed by atoms with Crippen LogP contribution in [0.5, 0.6) is 0 Å². The van der Waals surface area contributed by atoms with Crippen molar-refractivity contribution in [3.05, 3.63) is 0 Å². The third-order valence-corrected chi connectivity index (χ3v) is 2.26. The van der Waals surface area contributed by atoms with Gasteiger partial charge in [-0.15, -0.1) is 0 Å². The summed E-state index contributed by atoms with van der Waals surface area (Å²) in [5.74, 6) is 0. The van der Waals surface area contributed by atoms with Crippen LogP contribution in [0.1, 0.15) is 27.2 Å². The van der Waals surface area contributed by atoms with E-state index in [2.05, 4.69) is 4.72 Å². The molecule has 11 heavy (non-hydrogen) atoms. The average Bonchev–Trinajstić information content (AvgIpc) is 1.83. The number of hydrogen-bond acceptors (Lipinski definition) is 2. The Labute approximate surface area is 68.3 Å². The molecule has 0 spiro atoms. The molecule has 0 radical (unpaired) electrons. The van der Waals surface area contributed by atoms with E-state index in [1.54, 1.807) is 0 Å². The molecule has 0 rings (SSSR count). The molecule has 0 aliphatic heterocycles. The van der Waals surface area contributed by atoms with Gasteiger partial charge in [0.05, 0.1) is 0 Å². The van der Waals surface area contributed by atoms with Crippen LogP contribution < -0.4 is 9.86 Å². The van der Waals surface area contributed by atoms with E-state index >= 15 is 0 Å². The third kappa shape index (κ3) is 6.28. The van der Waals surface area contributed by atoms with Crippen molar-refractivity contribution in [1.29, 1.82) is 0 Å². The molecule has 4 nitrogen and oxygen atoms in total. The highest BCUT2D eigenvalue weighted by Crippen LogP contribution is 2.17. The summed E-state index contributed by atoms with van der Waals surface area (Å²) in [4.78, 5) is 0. The summed E-state index contributed by atoms with van der Waals surface area (Å²) < 4.78 is 23.2. The number of nitrogens with two attached hydrogens (primary N) is 1. The number of rotatable bonds is 4. The van der Waals surface area contributed by atoms with Crippen LogP contribution in [0.15, 0.2) is 0 Å². The van der Waals surface area contributed by atoms with E-state index in [0.717, 1.165) is 6.42 Å². The topological polar surface area (TPSA) is 72.2 Å². The fraction of sp³-hybridized carbons (Fsp3) is 1.00. The Hall–Kier alpha value is -0.130. The predicted molar refractivity (Wildman–Crippen MR) is 45.2 cm³/mol. The molecule has 0 unspecified atom stereocenters. The molecule has 0 saturated carbocycles. The Balaban J connectivity index is 3.90. The van der Waals surface area contributed by atoms with Gasteiger partial charge in [-0.2, -0.15) is 8.42 Å². The van der Waals surface area contributed by atoms with Gasteiger partial charge < -0.3 is 0 Å². The van der Waals surface area contributed by atoms with Crippen molar-refractivity contribution in [2.24, 2.45) is 10.6 Å². The Morgan fingerprint density at radius 1 is 1.45 bits per heavy atom. The smallest absolute Gasteiger partial charge is 0.216 e. The van der Waals surface area contributed by atoms with Gasteiger partial charge in [-0.25, -0.2) is 9.86 Å². The van der Waals surface area contributed by atoms with Crippen LogP contribution in [0.3, 0.4) is 0 Å². The van der Waals surface area contributed by atoms with Crippen LogP contribution in [-0.4, -0.2) is 15.0 Å². The summed E-state index contributed by atoms with van der Waals surface area (Å²) in [6.07, 6.45) is 0.912. The van der Waals surface area contributed by atoms with Gasteiger partial charge >= 0.3 is 0 Å². The van der Waals surface area contributed by atoms with Crippen molar-refractivity contribution < 1.29 is 8.42 Å². The average molecular weight is 180 g/mol. The molecule has 0 atom stereocenters. The van der Waals surface area contributed by atoms with Crippen LogP contribution in [-0.2, 0) is 10.2 Å². The lowest BCUT2D eigenvalue weighted by molar-refractivity contribution is 0.350. The van der Waals surface area contributed by atoms with Gasteiger partial charge in [0.1, 0.15) is 0 Å². The molecule has 0 heterocycles. The van der Waals surface area contributed by atoms with Crippen molar-refractivity contribution in [3.8, 4) is 0 Å². The molecular weight excluding hydrogens is 164 g/mol. The van der Waals surface area contributed by atoms with Crippen LogP contribution in [0, 0.1) is 5.41 Å². The van der Waals surface area contributed by atoms with Crippen molar-refractivity contribution in [3.63, 3.8) is 0 Å². The molecule has 68 valence electrons. The maximum absolute atomic E-state index is 10.5. The van der Waals surface area contributed by atoms with E-state index in [1.807, 2.05) is 20.8 Å². The molecule has 0 aromatic heterocycles. The molecule has 3 N–H and O–H groups in total. The van der Waals surface area contributed by atoms with Crippen molar-refractivity contribution in [1.82, 2.24) is 4.72 Å². The first-order valence-corrected chi connectivity index (χ1v) is 5.09. The van der Waals surface area contributed by atoms with Crippen LogP contribution in [0.2, 0.25) is 0 Å². The highest BCUT2D eigenvalue weighted by atomic mass is 32.2. The van der Waals surface area contributed by atoms with Gasteiger partial charge in [0.15, 0.2) is 0 Å². The zero-order valence-electron chi connectivity index (χ0n) is 7.22. The molecule has 0 amide bonds. The fourth-order valence-corrected chi connectivity index (χ4v) is 1.01. The van der Waals surface area contributed by atoms with Gasteiger partial charge in [-0.3, -0.25) is 0 Å². The third-order valence-electron chi connectivity index (χ3n) is 1.71. The van der Waals surface area contributed by atoms with E-state index in [0.29, 0.717) is 6.54 Å². The summed E-state index contributed by atoms with van der Waals surface area (Å²) in [6.45, 7) is 6.35. The lowest BCUT2D eigenvalue weighted by Gasteiger charge is -2.21. The second-order valence-corrected chi connectivity index (χ2v) is 4.76. The van der Waals surface area contributed by atoms with Gasteiger partial charge in [-0.05, 0) is 11.8 Å². The summed E-state index contributed by atoms with van der Waals surface area (Å²) in [5, 5.41) is 4.76. The summed E-state index contributed by atoms with van der Waals surface area (Å²) in [5.41, 5.74) is -0.0214. The predicted octanol–water partition coefficient (Wildman–Crippen LogP) is 0.216. The van der Waals surface area contributed by atoms with Gasteiger partial charge in [0.25, 0.3) is 10.2 Å². The molecule has 0 aliphatic rings. The fourth-order valence-electron chi connectivity index (χ4n) is 0.421. The standard InChI is InChI=1S/C6H16N2O2S/c1-4-6(2,3)5-8-11(7,9)10/h8H,4-5H2,1-3H3,(H2,7,9,10). The molecule has 0 aromatic carbocycles. The first-order valence-electron chi connectivity index (χ1n) is 3.54. The van der Waals surface area contributed by atoms with Crippen molar-refractivity contribution in [2.75, 3.05) is 6.54 Å². The second-order valence-electron chi connectivity index (χ2n) is 3.38. The molecule has 5 heteroatoms. The summed E-state index contributed by atoms with van der Waals surface area (Å²) >= 11 is 0. The summed E-state index contributed by atoms with van der Waals surface area (Å²) in [7, 11) is -3.52. The van der Waals surface area contributed by atoms with Crippen LogP contribution in [0.25, 0.3) is 0 Å². The van der Waals surface area contributed by atoms with E-state index in [-0.39, 0.29) is 5.41 Å². The molecule has 0 saturated heterocycles. The molecule has 0 bridgehead atoms. The van der Waals surface area contributed by atoms with E-state index in [1.165, 1.54) is 0 Å². The SMILES string of the molecule is CCC(C)(C)CNS(N)(=O)=O. The lowest BCUT2D eigenvalue weighted by Crippen LogP contribution is -2.37.